The van der Waals surface area contributed by atoms with Crippen molar-refractivity contribution in [1.29, 1.82) is 0 Å². The van der Waals surface area contributed by atoms with Gasteiger partial charge >= 0.3 is 0 Å². The minimum atomic E-state index is -0.370. The number of hydrogen-bond acceptors (Lipinski definition) is 1. The molecule has 0 amide bonds. The Balaban J connectivity index is 1.99. The first kappa shape index (κ1) is 13.9. The molecule has 1 aliphatic heterocycles. The maximum absolute atomic E-state index is 13.6. The van der Waals surface area contributed by atoms with Crippen molar-refractivity contribution in [3.63, 3.8) is 0 Å². The van der Waals surface area contributed by atoms with Gasteiger partial charge in [-0.25, -0.2) is 4.39 Å². The third-order valence-electron chi connectivity index (χ3n) is 3.93. The molecule has 0 unspecified atom stereocenters. The maximum atomic E-state index is 13.6. The second kappa shape index (κ2) is 5.36. The molecule has 0 radical (unpaired) electrons. The molecule has 20 heavy (non-hydrogen) atoms. The standard InChI is InChI=1S/C16H14Cl2FN/c17-13-6-2-1-5-12(13)16(9-20-10-16)8-11-4-3-7-14(19)15(11)18/h1-7,20H,8-10H2. The summed E-state index contributed by atoms with van der Waals surface area (Å²) in [7, 11) is 0. The van der Waals surface area contributed by atoms with Gasteiger partial charge in [-0.1, -0.05) is 53.5 Å². The molecule has 1 aliphatic rings. The highest BCUT2D eigenvalue weighted by Gasteiger charge is 2.40. The van der Waals surface area contributed by atoms with Crippen molar-refractivity contribution >= 4 is 23.2 Å². The highest BCUT2D eigenvalue weighted by Crippen LogP contribution is 2.38. The topological polar surface area (TPSA) is 12.0 Å². The second-order valence-electron chi connectivity index (χ2n) is 5.25. The van der Waals surface area contributed by atoms with Gasteiger partial charge in [0.1, 0.15) is 5.82 Å². The zero-order chi connectivity index (χ0) is 14.2. The predicted octanol–water partition coefficient (Wildman–Crippen LogP) is 4.22. The number of rotatable bonds is 3. The smallest absolute Gasteiger partial charge is 0.142 e. The van der Waals surface area contributed by atoms with Crippen LogP contribution in [0.15, 0.2) is 42.5 Å². The minimum absolute atomic E-state index is 0.101. The van der Waals surface area contributed by atoms with Crippen molar-refractivity contribution in [3.05, 3.63) is 69.5 Å². The quantitative estimate of drug-likeness (QED) is 0.895. The van der Waals surface area contributed by atoms with Gasteiger partial charge in [0.25, 0.3) is 0 Å². The Hall–Kier alpha value is -1.09. The lowest BCUT2D eigenvalue weighted by Gasteiger charge is -2.44. The number of hydrogen-bond donors (Lipinski definition) is 1. The first-order valence-electron chi connectivity index (χ1n) is 6.51. The fraction of sp³-hybridized carbons (Fsp3) is 0.250. The van der Waals surface area contributed by atoms with E-state index in [9.17, 15) is 4.39 Å². The number of benzene rings is 2. The van der Waals surface area contributed by atoms with E-state index in [-0.39, 0.29) is 16.3 Å². The Labute approximate surface area is 127 Å². The third-order valence-corrected chi connectivity index (χ3v) is 4.69. The van der Waals surface area contributed by atoms with Crippen molar-refractivity contribution in [2.45, 2.75) is 11.8 Å². The van der Waals surface area contributed by atoms with Crippen LogP contribution in [0.5, 0.6) is 0 Å². The van der Waals surface area contributed by atoms with E-state index in [1.165, 1.54) is 6.07 Å². The summed E-state index contributed by atoms with van der Waals surface area (Å²) in [5, 5.41) is 4.25. The van der Waals surface area contributed by atoms with Gasteiger partial charge < -0.3 is 5.32 Å². The normalized spacial score (nSPS) is 16.8. The number of nitrogens with one attached hydrogen (secondary N) is 1. The van der Waals surface area contributed by atoms with Crippen LogP contribution in [0, 0.1) is 5.82 Å². The lowest BCUT2D eigenvalue weighted by molar-refractivity contribution is 0.274. The summed E-state index contributed by atoms with van der Waals surface area (Å²) in [4.78, 5) is 0. The van der Waals surface area contributed by atoms with E-state index in [4.69, 9.17) is 23.2 Å². The molecule has 1 heterocycles. The van der Waals surface area contributed by atoms with Gasteiger partial charge in [-0.3, -0.25) is 0 Å². The van der Waals surface area contributed by atoms with Gasteiger partial charge in [0.2, 0.25) is 0 Å². The monoisotopic (exact) mass is 309 g/mol. The van der Waals surface area contributed by atoms with Gasteiger partial charge in [0.05, 0.1) is 5.02 Å². The third kappa shape index (κ3) is 2.32. The molecule has 1 N–H and O–H groups in total. The first-order chi connectivity index (χ1) is 9.62. The summed E-state index contributed by atoms with van der Waals surface area (Å²) in [6, 6.07) is 12.8. The number of halogens is 3. The average molecular weight is 310 g/mol. The van der Waals surface area contributed by atoms with Gasteiger partial charge in [-0.05, 0) is 29.7 Å². The fourth-order valence-corrected chi connectivity index (χ4v) is 3.31. The van der Waals surface area contributed by atoms with Crippen LogP contribution in [0.25, 0.3) is 0 Å². The van der Waals surface area contributed by atoms with Crippen molar-refractivity contribution in [2.24, 2.45) is 0 Å². The molecule has 2 aromatic rings. The molecule has 1 saturated heterocycles. The van der Waals surface area contributed by atoms with Crippen LogP contribution in [0.1, 0.15) is 11.1 Å². The molecule has 2 aromatic carbocycles. The van der Waals surface area contributed by atoms with Crippen molar-refractivity contribution in [1.82, 2.24) is 5.32 Å². The van der Waals surface area contributed by atoms with Crippen LogP contribution in [-0.2, 0) is 11.8 Å². The molecule has 0 bridgehead atoms. The van der Waals surface area contributed by atoms with Crippen molar-refractivity contribution in [2.75, 3.05) is 13.1 Å². The molecular weight excluding hydrogens is 296 g/mol. The fourth-order valence-electron chi connectivity index (χ4n) is 2.78. The summed E-state index contributed by atoms with van der Waals surface area (Å²) in [6.45, 7) is 1.65. The zero-order valence-electron chi connectivity index (χ0n) is 10.8. The van der Waals surface area contributed by atoms with E-state index < -0.39 is 0 Å². The largest absolute Gasteiger partial charge is 0.315 e. The van der Waals surface area contributed by atoms with Crippen LogP contribution >= 0.6 is 23.2 Å². The molecule has 104 valence electrons. The second-order valence-corrected chi connectivity index (χ2v) is 6.04. The van der Waals surface area contributed by atoms with E-state index in [0.717, 1.165) is 29.2 Å². The van der Waals surface area contributed by atoms with Crippen LogP contribution in [-0.4, -0.2) is 13.1 Å². The van der Waals surface area contributed by atoms with Crippen molar-refractivity contribution < 1.29 is 4.39 Å². The SMILES string of the molecule is Fc1cccc(CC2(c3ccccc3Cl)CNC2)c1Cl. The Bertz CT molecular complexity index is 638. The van der Waals surface area contributed by atoms with Crippen LogP contribution in [0.4, 0.5) is 4.39 Å². The lowest BCUT2D eigenvalue weighted by atomic mass is 9.71. The molecule has 0 saturated carbocycles. The summed E-state index contributed by atoms with van der Waals surface area (Å²) in [6.07, 6.45) is 0.681. The highest BCUT2D eigenvalue weighted by atomic mass is 35.5. The zero-order valence-corrected chi connectivity index (χ0v) is 12.3. The van der Waals surface area contributed by atoms with E-state index in [1.54, 1.807) is 6.07 Å². The predicted molar refractivity (Wildman–Crippen MR) is 81.1 cm³/mol. The molecule has 0 aliphatic carbocycles. The Morgan fingerprint density at radius 2 is 1.80 bits per heavy atom. The van der Waals surface area contributed by atoms with Gasteiger partial charge in [0.15, 0.2) is 0 Å². The molecular formula is C16H14Cl2FN. The van der Waals surface area contributed by atoms with E-state index in [0.29, 0.717) is 6.42 Å². The maximum Gasteiger partial charge on any atom is 0.142 e. The summed E-state index contributed by atoms with van der Waals surface area (Å²) in [5.41, 5.74) is 1.82. The Morgan fingerprint density at radius 1 is 1.05 bits per heavy atom. The lowest BCUT2D eigenvalue weighted by Crippen LogP contribution is -2.58. The van der Waals surface area contributed by atoms with Gasteiger partial charge in [0, 0.05) is 23.5 Å². The van der Waals surface area contributed by atoms with E-state index >= 15 is 0 Å². The van der Waals surface area contributed by atoms with Crippen LogP contribution < -0.4 is 5.32 Å². The minimum Gasteiger partial charge on any atom is -0.315 e. The molecule has 3 rings (SSSR count). The summed E-state index contributed by atoms with van der Waals surface area (Å²) in [5.74, 6) is -0.370. The van der Waals surface area contributed by atoms with Crippen molar-refractivity contribution in [3.8, 4) is 0 Å². The summed E-state index contributed by atoms with van der Waals surface area (Å²) >= 11 is 12.4. The van der Waals surface area contributed by atoms with Gasteiger partial charge in [-0.15, -0.1) is 0 Å². The molecule has 0 aromatic heterocycles. The van der Waals surface area contributed by atoms with Crippen LogP contribution in [0.2, 0.25) is 10.0 Å². The molecule has 1 fully saturated rings. The average Bonchev–Trinajstić information content (AvgIpc) is 2.40. The summed E-state index contributed by atoms with van der Waals surface area (Å²) < 4.78 is 13.6. The first-order valence-corrected chi connectivity index (χ1v) is 7.27. The van der Waals surface area contributed by atoms with E-state index in [2.05, 4.69) is 5.32 Å². The molecule has 4 heteroatoms. The van der Waals surface area contributed by atoms with E-state index in [1.807, 2.05) is 30.3 Å². The Morgan fingerprint density at radius 3 is 2.45 bits per heavy atom. The van der Waals surface area contributed by atoms with Crippen LogP contribution in [0.3, 0.4) is 0 Å². The Kier molecular flexibility index (Phi) is 3.72. The molecule has 0 atom stereocenters. The highest BCUT2D eigenvalue weighted by molar-refractivity contribution is 6.32. The van der Waals surface area contributed by atoms with Gasteiger partial charge in [-0.2, -0.15) is 0 Å². The molecule has 0 spiro atoms. The molecule has 1 nitrogen and oxygen atoms in total.